The van der Waals surface area contributed by atoms with E-state index in [0.29, 0.717) is 29.1 Å². The van der Waals surface area contributed by atoms with Gasteiger partial charge in [0.1, 0.15) is 0 Å². The maximum absolute atomic E-state index is 12.7. The summed E-state index contributed by atoms with van der Waals surface area (Å²) in [5.74, 6) is -1.04. The average Bonchev–Trinajstić information content (AvgIpc) is 2.92. The van der Waals surface area contributed by atoms with E-state index in [0.717, 1.165) is 25.9 Å². The van der Waals surface area contributed by atoms with Gasteiger partial charge in [-0.1, -0.05) is 17.7 Å². The zero-order chi connectivity index (χ0) is 18.3. The van der Waals surface area contributed by atoms with Crippen molar-refractivity contribution in [2.24, 2.45) is 11.8 Å². The minimum Gasteiger partial charge on any atom is -0.339 e. The summed E-state index contributed by atoms with van der Waals surface area (Å²) >= 11 is 6.06. The SMILES string of the molecule is O=C(c1ccc(N2C(=O)[C@H]3CC=C(Cl)C[C@@H]3C2=O)cc1)N1CCCCC1. The topological polar surface area (TPSA) is 57.7 Å². The third kappa shape index (κ3) is 2.94. The molecule has 26 heavy (non-hydrogen) atoms. The van der Waals surface area contributed by atoms with E-state index in [1.807, 2.05) is 11.0 Å². The normalized spacial score (nSPS) is 26.0. The van der Waals surface area contributed by atoms with Crippen molar-refractivity contribution in [3.63, 3.8) is 0 Å². The van der Waals surface area contributed by atoms with Gasteiger partial charge in [-0.05, 0) is 56.4 Å². The largest absolute Gasteiger partial charge is 0.339 e. The first kappa shape index (κ1) is 17.3. The lowest BCUT2D eigenvalue weighted by molar-refractivity contribution is -0.122. The highest BCUT2D eigenvalue weighted by Gasteiger charge is 2.48. The van der Waals surface area contributed by atoms with Crippen LogP contribution in [0.4, 0.5) is 5.69 Å². The van der Waals surface area contributed by atoms with Crippen LogP contribution in [-0.2, 0) is 9.59 Å². The quantitative estimate of drug-likeness (QED) is 0.748. The van der Waals surface area contributed by atoms with Gasteiger partial charge in [-0.15, -0.1) is 0 Å². The molecule has 0 bridgehead atoms. The van der Waals surface area contributed by atoms with Crippen molar-refractivity contribution in [2.75, 3.05) is 18.0 Å². The fraction of sp³-hybridized carbons (Fsp3) is 0.450. The Kier molecular flexibility index (Phi) is 4.57. The smallest absolute Gasteiger partial charge is 0.253 e. The molecule has 1 aliphatic carbocycles. The zero-order valence-electron chi connectivity index (χ0n) is 14.5. The fourth-order valence-electron chi connectivity index (χ4n) is 4.11. The number of anilines is 1. The lowest BCUT2D eigenvalue weighted by atomic mass is 9.85. The summed E-state index contributed by atoms with van der Waals surface area (Å²) in [4.78, 5) is 41.1. The summed E-state index contributed by atoms with van der Waals surface area (Å²) in [7, 11) is 0. The fourth-order valence-corrected chi connectivity index (χ4v) is 4.37. The van der Waals surface area contributed by atoms with Crippen LogP contribution in [0.2, 0.25) is 0 Å². The first-order chi connectivity index (χ1) is 12.6. The number of amides is 3. The third-order valence-electron chi connectivity index (χ3n) is 5.58. The molecule has 0 spiro atoms. The van der Waals surface area contributed by atoms with E-state index in [2.05, 4.69) is 0 Å². The molecule has 0 radical (unpaired) electrons. The van der Waals surface area contributed by atoms with E-state index in [4.69, 9.17) is 11.6 Å². The Morgan fingerprint density at radius 1 is 0.962 bits per heavy atom. The lowest BCUT2D eigenvalue weighted by Crippen LogP contribution is -2.35. The molecule has 3 amide bonds. The summed E-state index contributed by atoms with van der Waals surface area (Å²) in [5.41, 5.74) is 1.12. The first-order valence-electron chi connectivity index (χ1n) is 9.18. The number of carbonyl (C=O) groups is 3. The molecule has 4 rings (SSSR count). The van der Waals surface area contributed by atoms with Gasteiger partial charge in [0.15, 0.2) is 0 Å². The van der Waals surface area contributed by atoms with Crippen molar-refractivity contribution < 1.29 is 14.4 Å². The van der Waals surface area contributed by atoms with Crippen LogP contribution in [0.25, 0.3) is 0 Å². The van der Waals surface area contributed by atoms with E-state index < -0.39 is 0 Å². The summed E-state index contributed by atoms with van der Waals surface area (Å²) in [6, 6.07) is 6.80. The van der Waals surface area contributed by atoms with Crippen molar-refractivity contribution in [1.29, 1.82) is 0 Å². The number of piperidine rings is 1. The van der Waals surface area contributed by atoms with E-state index in [9.17, 15) is 14.4 Å². The van der Waals surface area contributed by atoms with Gasteiger partial charge in [0.25, 0.3) is 5.91 Å². The van der Waals surface area contributed by atoms with Crippen LogP contribution in [0.1, 0.15) is 42.5 Å². The number of hydrogen-bond acceptors (Lipinski definition) is 3. The highest BCUT2D eigenvalue weighted by Crippen LogP contribution is 2.40. The van der Waals surface area contributed by atoms with Crippen LogP contribution in [0.5, 0.6) is 0 Å². The number of halogens is 1. The second-order valence-electron chi connectivity index (χ2n) is 7.22. The summed E-state index contributed by atoms with van der Waals surface area (Å²) in [6.45, 7) is 1.58. The van der Waals surface area contributed by atoms with Crippen molar-refractivity contribution in [1.82, 2.24) is 4.90 Å². The van der Waals surface area contributed by atoms with Crippen molar-refractivity contribution >= 4 is 35.0 Å². The van der Waals surface area contributed by atoms with Gasteiger partial charge in [-0.2, -0.15) is 0 Å². The Labute approximate surface area is 157 Å². The van der Waals surface area contributed by atoms with Crippen LogP contribution in [-0.4, -0.2) is 35.7 Å². The third-order valence-corrected chi connectivity index (χ3v) is 5.89. The zero-order valence-corrected chi connectivity index (χ0v) is 15.2. The molecule has 2 saturated heterocycles. The monoisotopic (exact) mass is 372 g/mol. The molecular formula is C20H21ClN2O3. The van der Waals surface area contributed by atoms with Gasteiger partial charge >= 0.3 is 0 Å². The molecule has 0 unspecified atom stereocenters. The number of fused-ring (bicyclic) bond motifs is 1. The van der Waals surface area contributed by atoms with Gasteiger partial charge < -0.3 is 4.90 Å². The Balaban J connectivity index is 1.53. The predicted molar refractivity (Wildman–Crippen MR) is 98.8 cm³/mol. The number of allylic oxidation sites excluding steroid dienone is 2. The number of imide groups is 1. The average molecular weight is 373 g/mol. The predicted octanol–water partition coefficient (Wildman–Crippen LogP) is 3.33. The number of likely N-dealkylation sites (tertiary alicyclic amines) is 1. The number of nitrogens with zero attached hydrogens (tertiary/aromatic N) is 2. The molecule has 1 aromatic carbocycles. The second-order valence-corrected chi connectivity index (χ2v) is 7.70. The van der Waals surface area contributed by atoms with Gasteiger partial charge in [0, 0.05) is 23.7 Å². The van der Waals surface area contributed by atoms with Gasteiger partial charge in [0.05, 0.1) is 17.5 Å². The molecular weight excluding hydrogens is 352 g/mol. The minimum absolute atomic E-state index is 0.0139. The maximum atomic E-state index is 12.7. The summed E-state index contributed by atoms with van der Waals surface area (Å²) < 4.78 is 0. The highest BCUT2D eigenvalue weighted by molar-refractivity contribution is 6.30. The first-order valence-corrected chi connectivity index (χ1v) is 9.56. The van der Waals surface area contributed by atoms with Crippen LogP contribution in [0.15, 0.2) is 35.4 Å². The molecule has 0 saturated carbocycles. The van der Waals surface area contributed by atoms with Crippen molar-refractivity contribution in [3.05, 3.63) is 40.9 Å². The number of hydrogen-bond donors (Lipinski definition) is 0. The molecule has 6 heteroatoms. The molecule has 1 aromatic rings. The van der Waals surface area contributed by atoms with Crippen molar-refractivity contribution in [3.8, 4) is 0 Å². The van der Waals surface area contributed by atoms with E-state index >= 15 is 0 Å². The second kappa shape index (κ2) is 6.88. The molecule has 0 aromatic heterocycles. The molecule has 2 fully saturated rings. The number of rotatable bonds is 2. The molecule has 5 nitrogen and oxygen atoms in total. The Bertz CT molecular complexity index is 781. The molecule has 136 valence electrons. The molecule has 2 aliphatic heterocycles. The van der Waals surface area contributed by atoms with Crippen LogP contribution in [0.3, 0.4) is 0 Å². The van der Waals surface area contributed by atoms with Crippen LogP contribution < -0.4 is 4.90 Å². The Morgan fingerprint density at radius 2 is 1.62 bits per heavy atom. The highest BCUT2D eigenvalue weighted by atomic mass is 35.5. The minimum atomic E-state index is -0.366. The number of carbonyl (C=O) groups excluding carboxylic acids is 3. The van der Waals surface area contributed by atoms with Gasteiger partial charge in [-0.3, -0.25) is 19.3 Å². The summed E-state index contributed by atoms with van der Waals surface area (Å²) in [6.07, 6.45) is 6.02. The lowest BCUT2D eigenvalue weighted by Gasteiger charge is -2.26. The molecule has 2 heterocycles. The van der Waals surface area contributed by atoms with Crippen LogP contribution >= 0.6 is 11.6 Å². The molecule has 2 atom stereocenters. The van der Waals surface area contributed by atoms with E-state index in [1.54, 1.807) is 24.3 Å². The maximum Gasteiger partial charge on any atom is 0.253 e. The Hall–Kier alpha value is -2.14. The standard InChI is InChI=1S/C20H21ClN2O3/c21-14-6-9-16-17(12-14)20(26)23(19(16)25)15-7-4-13(5-8-15)18(24)22-10-2-1-3-11-22/h4-8,16-17H,1-3,9-12H2/t16-,17-/m0/s1. The Morgan fingerprint density at radius 3 is 2.31 bits per heavy atom. The van der Waals surface area contributed by atoms with E-state index in [1.165, 1.54) is 11.3 Å². The molecule has 0 N–H and O–H groups in total. The summed E-state index contributed by atoms with van der Waals surface area (Å²) in [5, 5.41) is 0.650. The van der Waals surface area contributed by atoms with Crippen molar-refractivity contribution in [2.45, 2.75) is 32.1 Å². The van der Waals surface area contributed by atoms with Crippen LogP contribution in [0, 0.1) is 11.8 Å². The van der Waals surface area contributed by atoms with E-state index in [-0.39, 0.29) is 29.6 Å². The number of benzene rings is 1. The van der Waals surface area contributed by atoms with Gasteiger partial charge in [-0.25, -0.2) is 0 Å². The molecule has 3 aliphatic rings. The van der Waals surface area contributed by atoms with Gasteiger partial charge in [0.2, 0.25) is 11.8 Å².